The van der Waals surface area contributed by atoms with Gasteiger partial charge in [0.25, 0.3) is 0 Å². The smallest absolute Gasteiger partial charge is 0.161 e. The molecule has 0 aliphatic carbocycles. The van der Waals surface area contributed by atoms with Crippen molar-refractivity contribution in [3.8, 4) is 0 Å². The van der Waals surface area contributed by atoms with Crippen LogP contribution in [-0.2, 0) is 0 Å². The van der Waals surface area contributed by atoms with E-state index >= 15 is 0 Å². The number of thioether (sulfide) groups is 1. The maximum Gasteiger partial charge on any atom is 0.161 e. The molecule has 3 heteroatoms. The van der Waals surface area contributed by atoms with Gasteiger partial charge >= 0.3 is 0 Å². The fourth-order valence-corrected chi connectivity index (χ4v) is 2.55. The molecule has 0 bridgehead atoms. The van der Waals surface area contributed by atoms with Crippen molar-refractivity contribution in [1.82, 2.24) is 0 Å². The van der Waals surface area contributed by atoms with Gasteiger partial charge in [-0.15, -0.1) is 0 Å². The maximum absolute atomic E-state index is 4.61. The van der Waals surface area contributed by atoms with Crippen LogP contribution in [0.5, 0.6) is 0 Å². The summed E-state index contributed by atoms with van der Waals surface area (Å²) in [6, 6.07) is 8.36. The lowest BCUT2D eigenvalue weighted by Gasteiger charge is -2.09. The minimum atomic E-state index is 0.0802. The zero-order valence-corrected chi connectivity index (χ0v) is 10.2. The Balaban J connectivity index is 2.10. The minimum Gasteiger partial charge on any atom is -0.335 e. The number of amidine groups is 1. The number of benzene rings is 1. The van der Waals surface area contributed by atoms with Gasteiger partial charge in [-0.3, -0.25) is 4.99 Å². The highest BCUT2D eigenvalue weighted by Crippen LogP contribution is 2.27. The number of rotatable bonds is 1. The van der Waals surface area contributed by atoms with E-state index in [2.05, 4.69) is 55.3 Å². The van der Waals surface area contributed by atoms with E-state index in [0.717, 1.165) is 16.6 Å². The summed E-state index contributed by atoms with van der Waals surface area (Å²) in [6.45, 7) is 6.41. The summed E-state index contributed by atoms with van der Waals surface area (Å²) in [7, 11) is 0. The average Bonchev–Trinajstić information content (AvgIpc) is 2.45. The Bertz CT molecular complexity index is 396. The Labute approximate surface area is 95.2 Å². The molecular formula is C12H16N2S. The molecule has 0 fully saturated rings. The van der Waals surface area contributed by atoms with Crippen molar-refractivity contribution < 1.29 is 0 Å². The highest BCUT2D eigenvalue weighted by atomic mass is 32.2. The summed E-state index contributed by atoms with van der Waals surface area (Å²) in [5, 5.41) is 4.38. The van der Waals surface area contributed by atoms with Gasteiger partial charge in [0, 0.05) is 11.4 Å². The first-order chi connectivity index (χ1) is 7.05. The molecule has 1 aliphatic heterocycles. The van der Waals surface area contributed by atoms with E-state index in [0.29, 0.717) is 0 Å². The summed E-state index contributed by atoms with van der Waals surface area (Å²) in [5.74, 6) is 1.06. The Hall–Kier alpha value is -0.960. The van der Waals surface area contributed by atoms with Gasteiger partial charge in [0.2, 0.25) is 0 Å². The van der Waals surface area contributed by atoms with Crippen LogP contribution in [-0.4, -0.2) is 16.5 Å². The van der Waals surface area contributed by atoms with Crippen LogP contribution in [0.3, 0.4) is 0 Å². The van der Waals surface area contributed by atoms with Crippen LogP contribution in [0.4, 0.5) is 5.69 Å². The molecule has 1 aliphatic rings. The highest BCUT2D eigenvalue weighted by molar-refractivity contribution is 8.14. The van der Waals surface area contributed by atoms with E-state index in [1.807, 2.05) is 0 Å². The molecule has 0 saturated heterocycles. The van der Waals surface area contributed by atoms with Crippen LogP contribution in [0.2, 0.25) is 0 Å². The lowest BCUT2D eigenvalue weighted by Crippen LogP contribution is -2.15. The number of nitrogens with one attached hydrogen (secondary N) is 1. The summed E-state index contributed by atoms with van der Waals surface area (Å²) in [6.07, 6.45) is 0. The van der Waals surface area contributed by atoms with Crippen molar-refractivity contribution in [2.75, 3.05) is 11.1 Å². The third kappa shape index (κ3) is 2.75. The predicted molar refractivity (Wildman–Crippen MR) is 68.8 cm³/mol. The number of hydrogen-bond donors (Lipinski definition) is 1. The van der Waals surface area contributed by atoms with Gasteiger partial charge in [0.15, 0.2) is 5.17 Å². The molecular weight excluding hydrogens is 204 g/mol. The third-order valence-electron chi connectivity index (χ3n) is 2.24. The van der Waals surface area contributed by atoms with Gasteiger partial charge in [0.1, 0.15) is 0 Å². The zero-order valence-electron chi connectivity index (χ0n) is 9.37. The van der Waals surface area contributed by atoms with E-state index in [1.54, 1.807) is 11.8 Å². The Kier molecular flexibility index (Phi) is 2.74. The lowest BCUT2D eigenvalue weighted by atomic mass is 10.1. The summed E-state index contributed by atoms with van der Waals surface area (Å²) in [4.78, 5) is 4.61. The van der Waals surface area contributed by atoms with Crippen LogP contribution >= 0.6 is 11.8 Å². The molecule has 1 N–H and O–H groups in total. The van der Waals surface area contributed by atoms with Crippen LogP contribution in [0, 0.1) is 6.92 Å². The van der Waals surface area contributed by atoms with Gasteiger partial charge in [-0.1, -0.05) is 23.9 Å². The van der Waals surface area contributed by atoms with E-state index in [1.165, 1.54) is 5.56 Å². The molecule has 1 aromatic rings. The largest absolute Gasteiger partial charge is 0.335 e. The normalized spacial score (nSPS) is 18.7. The first-order valence-corrected chi connectivity index (χ1v) is 6.10. The summed E-state index contributed by atoms with van der Waals surface area (Å²) in [5.41, 5.74) is 2.47. The Morgan fingerprint density at radius 1 is 1.40 bits per heavy atom. The van der Waals surface area contributed by atoms with E-state index in [9.17, 15) is 0 Å². The molecule has 0 amide bonds. The Morgan fingerprint density at radius 3 is 2.80 bits per heavy atom. The number of hydrogen-bond acceptors (Lipinski definition) is 3. The topological polar surface area (TPSA) is 24.4 Å². The molecule has 80 valence electrons. The summed E-state index contributed by atoms with van der Waals surface area (Å²) < 4.78 is 0. The molecule has 0 radical (unpaired) electrons. The number of aliphatic imine (C=N–C) groups is 1. The monoisotopic (exact) mass is 220 g/mol. The van der Waals surface area contributed by atoms with Gasteiger partial charge < -0.3 is 5.32 Å². The number of anilines is 1. The predicted octanol–water partition coefficient (Wildman–Crippen LogP) is 3.29. The summed E-state index contributed by atoms with van der Waals surface area (Å²) >= 11 is 1.79. The minimum absolute atomic E-state index is 0.0802. The molecule has 0 unspecified atom stereocenters. The first kappa shape index (κ1) is 10.6. The second kappa shape index (κ2) is 3.89. The zero-order chi connectivity index (χ0) is 10.9. The molecule has 0 spiro atoms. The first-order valence-electron chi connectivity index (χ1n) is 5.11. The lowest BCUT2D eigenvalue weighted by molar-refractivity contribution is 0.605. The second-order valence-electron chi connectivity index (χ2n) is 4.51. The molecule has 2 rings (SSSR count). The fourth-order valence-electron chi connectivity index (χ4n) is 1.49. The quantitative estimate of drug-likeness (QED) is 0.785. The molecule has 1 heterocycles. The number of nitrogens with zero attached hydrogens (tertiary/aromatic N) is 1. The van der Waals surface area contributed by atoms with Crippen molar-refractivity contribution in [2.45, 2.75) is 26.3 Å². The average molecular weight is 220 g/mol. The number of aryl methyl sites for hydroxylation is 1. The molecule has 2 nitrogen and oxygen atoms in total. The van der Waals surface area contributed by atoms with Gasteiger partial charge in [-0.2, -0.15) is 0 Å². The van der Waals surface area contributed by atoms with Gasteiger partial charge in [-0.25, -0.2) is 0 Å². The van der Waals surface area contributed by atoms with Crippen LogP contribution in [0.15, 0.2) is 29.3 Å². The maximum atomic E-state index is 4.61. The second-order valence-corrected chi connectivity index (χ2v) is 5.48. The van der Waals surface area contributed by atoms with E-state index in [4.69, 9.17) is 0 Å². The molecule has 0 aromatic heterocycles. The van der Waals surface area contributed by atoms with Crippen molar-refractivity contribution in [1.29, 1.82) is 0 Å². The van der Waals surface area contributed by atoms with Gasteiger partial charge in [-0.05, 0) is 38.5 Å². The van der Waals surface area contributed by atoms with E-state index < -0.39 is 0 Å². The molecule has 15 heavy (non-hydrogen) atoms. The van der Waals surface area contributed by atoms with Crippen molar-refractivity contribution >= 4 is 22.6 Å². The van der Waals surface area contributed by atoms with Gasteiger partial charge in [0.05, 0.1) is 5.54 Å². The van der Waals surface area contributed by atoms with Crippen LogP contribution in [0.1, 0.15) is 19.4 Å². The standard InChI is InChI=1S/C12H16N2S/c1-9-5-4-6-10(7-9)13-11-14-12(2,3)8-15-11/h4-7H,8H2,1-3H3,(H,13,14). The van der Waals surface area contributed by atoms with Crippen molar-refractivity contribution in [2.24, 2.45) is 4.99 Å². The molecule has 0 saturated carbocycles. The van der Waals surface area contributed by atoms with E-state index in [-0.39, 0.29) is 5.54 Å². The highest BCUT2D eigenvalue weighted by Gasteiger charge is 2.25. The van der Waals surface area contributed by atoms with Crippen LogP contribution < -0.4 is 5.32 Å². The molecule has 1 aromatic carbocycles. The van der Waals surface area contributed by atoms with Crippen molar-refractivity contribution in [3.63, 3.8) is 0 Å². The SMILES string of the molecule is Cc1cccc(NC2=NC(C)(C)CS2)c1. The fraction of sp³-hybridized carbons (Fsp3) is 0.417. The molecule has 0 atom stereocenters. The Morgan fingerprint density at radius 2 is 2.20 bits per heavy atom. The van der Waals surface area contributed by atoms with Crippen LogP contribution in [0.25, 0.3) is 0 Å². The third-order valence-corrected chi connectivity index (χ3v) is 3.55. The van der Waals surface area contributed by atoms with Crippen molar-refractivity contribution in [3.05, 3.63) is 29.8 Å².